The Balaban J connectivity index is 0.000000461. The number of benzene rings is 1. The molecule has 0 radical (unpaired) electrons. The van der Waals surface area contributed by atoms with Crippen LogP contribution < -0.4 is 5.32 Å². The van der Waals surface area contributed by atoms with Crippen LogP contribution in [-0.2, 0) is 33.2 Å². The quantitative estimate of drug-likeness (QED) is 0.0789. The molecule has 0 spiro atoms. The van der Waals surface area contributed by atoms with Crippen molar-refractivity contribution in [1.82, 2.24) is 34.3 Å². The summed E-state index contributed by atoms with van der Waals surface area (Å²) in [7, 11) is 11.0. The average molecular weight is 1040 g/mol. The number of para-hydroxylation sites is 1. The fourth-order valence-corrected chi connectivity index (χ4v) is 8.48. The van der Waals surface area contributed by atoms with Gasteiger partial charge in [-0.25, -0.2) is 4.79 Å². The van der Waals surface area contributed by atoms with Crippen molar-refractivity contribution < 1.29 is 38.0 Å². The van der Waals surface area contributed by atoms with E-state index in [4.69, 9.17) is 33.2 Å². The van der Waals surface area contributed by atoms with E-state index in [-0.39, 0.29) is 6.09 Å². The van der Waals surface area contributed by atoms with Crippen LogP contribution in [0.4, 0.5) is 10.5 Å². The van der Waals surface area contributed by atoms with Crippen LogP contribution in [0.15, 0.2) is 30.3 Å². The van der Waals surface area contributed by atoms with Crippen molar-refractivity contribution in [3.63, 3.8) is 0 Å². The number of anilines is 1. The van der Waals surface area contributed by atoms with Gasteiger partial charge in [-0.3, -0.25) is 9.80 Å². The molecule has 0 aliphatic carbocycles. The number of ether oxygens (including phenoxy) is 7. The first kappa shape index (κ1) is 68.8. The van der Waals surface area contributed by atoms with Gasteiger partial charge in [-0.1, -0.05) is 31.5 Å². The van der Waals surface area contributed by atoms with Crippen molar-refractivity contribution in [1.29, 1.82) is 0 Å². The number of hydrogen-bond acceptors (Lipinski definition) is 15. The molecule has 0 atom stereocenters. The maximum atomic E-state index is 11.9. The average Bonchev–Trinajstić information content (AvgIpc) is 3.40. The van der Waals surface area contributed by atoms with Crippen molar-refractivity contribution in [2.75, 3.05) is 225 Å². The van der Waals surface area contributed by atoms with E-state index in [0.29, 0.717) is 0 Å². The standard InChI is InChI=1S/C14H28N2O3.C13H28N2O.C11H17NO.C10H22N2O.C9H19NO2/c1-14(2,3)19-13(17)16-10-8-15(9-11-16)7-5-6-12-18-4;1-3-4-7-14-9-11-15(12-10-14)8-5-6-13-16-2;1-13-10-6-5-9-12-11-7-3-2-4-8-11;1-11-6-8-12(9-7-11)5-3-4-10-13-2;1-11-7-3-2-4-10-5-8-12-9-6-10/h5-12H2,1-4H3;3-13H2,1-2H3;2-4,7-8,12H,5-6,9-10H2,1H3;3-10H2,1-2H3;2-9H2,1H3. The minimum atomic E-state index is -0.408. The van der Waals surface area contributed by atoms with Gasteiger partial charge in [-0.15, -0.1) is 0 Å². The molecule has 4 saturated heterocycles. The molecular weight excluding hydrogens is 925 g/mol. The molecule has 0 unspecified atom stereocenters. The first-order valence-electron chi connectivity index (χ1n) is 28.6. The number of amides is 1. The van der Waals surface area contributed by atoms with Crippen molar-refractivity contribution in [2.45, 2.75) is 110 Å². The summed E-state index contributed by atoms with van der Waals surface area (Å²) in [5.74, 6) is 0. The molecule has 73 heavy (non-hydrogen) atoms. The lowest BCUT2D eigenvalue weighted by atomic mass is 10.2. The summed E-state index contributed by atoms with van der Waals surface area (Å²) in [5.41, 5.74) is 0.786. The first-order valence-corrected chi connectivity index (χ1v) is 28.6. The van der Waals surface area contributed by atoms with Gasteiger partial charge in [-0.2, -0.15) is 0 Å². The van der Waals surface area contributed by atoms with Gasteiger partial charge in [-0.05, 0) is 143 Å². The molecule has 1 amide bonds. The fraction of sp³-hybridized carbons (Fsp3) is 0.877. The number of rotatable bonds is 29. The summed E-state index contributed by atoms with van der Waals surface area (Å²) >= 11 is 0. The Bertz CT molecular complexity index is 1310. The van der Waals surface area contributed by atoms with Crippen LogP contribution in [0.3, 0.4) is 0 Å². The largest absolute Gasteiger partial charge is 0.444 e. The minimum Gasteiger partial charge on any atom is -0.444 e. The van der Waals surface area contributed by atoms with Gasteiger partial charge in [0.05, 0.1) is 13.2 Å². The molecule has 4 aliphatic heterocycles. The summed E-state index contributed by atoms with van der Waals surface area (Å²) in [6.45, 7) is 36.9. The van der Waals surface area contributed by atoms with Crippen molar-refractivity contribution in [2.24, 2.45) is 0 Å². The number of nitrogens with one attached hydrogen (secondary N) is 1. The fourth-order valence-electron chi connectivity index (χ4n) is 8.48. The minimum absolute atomic E-state index is 0.188. The Morgan fingerprint density at radius 1 is 0.493 bits per heavy atom. The third kappa shape index (κ3) is 41.6. The van der Waals surface area contributed by atoms with E-state index in [0.717, 1.165) is 124 Å². The van der Waals surface area contributed by atoms with E-state index < -0.39 is 5.60 Å². The Kier molecular flexibility index (Phi) is 45.4. The number of morpholine rings is 1. The van der Waals surface area contributed by atoms with E-state index >= 15 is 0 Å². The molecule has 0 bridgehead atoms. The van der Waals surface area contributed by atoms with Crippen molar-refractivity contribution >= 4 is 11.8 Å². The maximum Gasteiger partial charge on any atom is 0.410 e. The van der Waals surface area contributed by atoms with Crippen LogP contribution in [0.1, 0.15) is 105 Å². The van der Waals surface area contributed by atoms with Crippen LogP contribution in [0.25, 0.3) is 0 Å². The monoisotopic (exact) mass is 1040 g/mol. The van der Waals surface area contributed by atoms with E-state index in [2.05, 4.69) is 60.8 Å². The third-order valence-electron chi connectivity index (χ3n) is 13.2. The lowest BCUT2D eigenvalue weighted by molar-refractivity contribution is 0.0143. The predicted octanol–water partition coefficient (Wildman–Crippen LogP) is 7.73. The number of likely N-dealkylation sites (N-methyl/N-ethyl adjacent to an activating group) is 1. The molecule has 1 aromatic rings. The number of nitrogens with zero attached hydrogens (tertiary/aromatic N) is 7. The number of piperazine rings is 3. The molecule has 4 fully saturated rings. The van der Waals surface area contributed by atoms with Gasteiger partial charge < -0.3 is 63.0 Å². The third-order valence-corrected chi connectivity index (χ3v) is 13.2. The van der Waals surface area contributed by atoms with Crippen LogP contribution in [0.5, 0.6) is 0 Å². The zero-order valence-electron chi connectivity index (χ0n) is 48.9. The smallest absolute Gasteiger partial charge is 0.410 e. The summed E-state index contributed by atoms with van der Waals surface area (Å²) < 4.78 is 35.7. The molecule has 4 heterocycles. The van der Waals surface area contributed by atoms with Crippen LogP contribution in [-0.4, -0.2) is 266 Å². The molecule has 1 N–H and O–H groups in total. The highest BCUT2D eigenvalue weighted by Gasteiger charge is 2.25. The topological polar surface area (TPSA) is 116 Å². The van der Waals surface area contributed by atoms with Gasteiger partial charge in [0.1, 0.15) is 5.60 Å². The van der Waals surface area contributed by atoms with Gasteiger partial charge in [0.2, 0.25) is 0 Å². The van der Waals surface area contributed by atoms with Gasteiger partial charge in [0.15, 0.2) is 0 Å². The molecule has 0 saturated carbocycles. The molecule has 5 rings (SSSR count). The van der Waals surface area contributed by atoms with Crippen molar-refractivity contribution in [3.8, 4) is 0 Å². The SMILES string of the molecule is CCCCN1CCN(CCCCOC)CC1.COCCCCN1CCN(C(=O)OC(C)(C)C)CC1.COCCCCN1CCN(C)CC1.COCCCCN1CCOCC1.COCCCCNc1ccccc1. The van der Waals surface area contributed by atoms with Gasteiger partial charge in [0, 0.05) is 172 Å². The normalized spacial score (nSPS) is 17.5. The van der Waals surface area contributed by atoms with E-state index in [1.165, 1.54) is 136 Å². The Morgan fingerprint density at radius 3 is 1.23 bits per heavy atom. The number of hydrogen-bond donors (Lipinski definition) is 1. The lowest BCUT2D eigenvalue weighted by Crippen LogP contribution is -2.50. The van der Waals surface area contributed by atoms with E-state index in [1.54, 1.807) is 40.4 Å². The first-order chi connectivity index (χ1) is 35.5. The zero-order chi connectivity index (χ0) is 53.5. The second kappa shape index (κ2) is 48.2. The zero-order valence-corrected chi connectivity index (χ0v) is 48.9. The number of methoxy groups -OCH3 is 5. The summed E-state index contributed by atoms with van der Waals surface area (Å²) in [6.07, 6.45) is 14.4. The number of carbonyl (C=O) groups is 1. The van der Waals surface area contributed by atoms with E-state index in [1.807, 2.05) is 39.0 Å². The van der Waals surface area contributed by atoms with Gasteiger partial charge >= 0.3 is 6.09 Å². The highest BCUT2D eigenvalue weighted by molar-refractivity contribution is 5.68. The second-order valence-electron chi connectivity index (χ2n) is 20.7. The second-order valence-corrected chi connectivity index (χ2v) is 20.7. The molecule has 0 aromatic heterocycles. The molecule has 16 nitrogen and oxygen atoms in total. The Hall–Kier alpha value is -2.19. The van der Waals surface area contributed by atoms with Gasteiger partial charge in [0.25, 0.3) is 0 Å². The summed E-state index contributed by atoms with van der Waals surface area (Å²) in [6, 6.07) is 10.3. The molecule has 16 heteroatoms. The summed E-state index contributed by atoms with van der Waals surface area (Å²) in [5, 5.41) is 3.35. The highest BCUT2D eigenvalue weighted by Crippen LogP contribution is 2.13. The van der Waals surface area contributed by atoms with Crippen molar-refractivity contribution in [3.05, 3.63) is 30.3 Å². The molecular formula is C57H114N8O8. The molecule has 430 valence electrons. The van der Waals surface area contributed by atoms with Crippen LogP contribution in [0.2, 0.25) is 0 Å². The highest BCUT2D eigenvalue weighted by atomic mass is 16.6. The Morgan fingerprint density at radius 2 is 0.849 bits per heavy atom. The molecule has 1 aromatic carbocycles. The number of carbonyl (C=O) groups excluding carboxylic acids is 1. The predicted molar refractivity (Wildman–Crippen MR) is 304 cm³/mol. The molecule has 4 aliphatic rings. The van der Waals surface area contributed by atoms with Crippen LogP contribution >= 0.6 is 0 Å². The maximum absolute atomic E-state index is 11.9. The van der Waals surface area contributed by atoms with E-state index in [9.17, 15) is 4.79 Å². The Labute approximate surface area is 448 Å². The number of unbranched alkanes of at least 4 members (excludes halogenated alkanes) is 6. The summed E-state index contributed by atoms with van der Waals surface area (Å²) in [4.78, 5) is 28.7. The van der Waals surface area contributed by atoms with Crippen LogP contribution in [0, 0.1) is 0 Å². The lowest BCUT2D eigenvalue weighted by Gasteiger charge is -2.35.